The normalized spacial score (nSPS) is 9.75. The lowest BCUT2D eigenvalue weighted by atomic mass is 10.2. The van der Waals surface area contributed by atoms with Gasteiger partial charge in [0.1, 0.15) is 0 Å². The summed E-state index contributed by atoms with van der Waals surface area (Å²) in [4.78, 5) is 3.10. The number of nitrogens with one attached hydrogen (secondary N) is 1. The van der Waals surface area contributed by atoms with E-state index in [0.717, 1.165) is 15.7 Å². The number of benzene rings is 1. The summed E-state index contributed by atoms with van der Waals surface area (Å²) in [7, 11) is 0. The van der Waals surface area contributed by atoms with Crippen LogP contribution in [0.5, 0.6) is 0 Å². The lowest BCUT2D eigenvalue weighted by Gasteiger charge is -1.92. The highest BCUT2D eigenvalue weighted by Gasteiger charge is 1.98. The van der Waals surface area contributed by atoms with E-state index in [1.165, 1.54) is 5.39 Å². The van der Waals surface area contributed by atoms with Crippen LogP contribution in [-0.4, -0.2) is 4.98 Å². The molecular formula is C8H8BrClN2. The fourth-order valence-corrected chi connectivity index (χ4v) is 1.57. The molecule has 0 aliphatic heterocycles. The lowest BCUT2D eigenvalue weighted by Crippen LogP contribution is -1.82. The number of hydrogen-bond acceptors (Lipinski definition) is 1. The number of H-pyrrole nitrogens is 1. The molecule has 0 saturated carbocycles. The van der Waals surface area contributed by atoms with E-state index in [2.05, 4.69) is 20.9 Å². The first kappa shape index (κ1) is 9.42. The average molecular weight is 248 g/mol. The zero-order chi connectivity index (χ0) is 7.84. The number of aromatic nitrogens is 1. The Hall–Kier alpha value is -0.670. The van der Waals surface area contributed by atoms with Crippen LogP contribution in [0.1, 0.15) is 0 Å². The fourth-order valence-electron chi connectivity index (χ4n) is 1.11. The first-order chi connectivity index (χ1) is 5.27. The van der Waals surface area contributed by atoms with Gasteiger partial charge in [-0.15, -0.1) is 12.4 Å². The third-order valence-corrected chi connectivity index (χ3v) is 2.31. The lowest BCUT2D eigenvalue weighted by molar-refractivity contribution is 1.47. The minimum Gasteiger partial charge on any atom is -0.399 e. The molecule has 0 fully saturated rings. The van der Waals surface area contributed by atoms with Crippen LogP contribution in [0.25, 0.3) is 10.9 Å². The number of aromatic amines is 1. The molecule has 0 aliphatic rings. The molecule has 3 N–H and O–H groups in total. The smallest absolute Gasteiger partial charge is 0.0486 e. The van der Waals surface area contributed by atoms with Crippen molar-refractivity contribution in [1.82, 2.24) is 4.98 Å². The van der Waals surface area contributed by atoms with Gasteiger partial charge in [0, 0.05) is 27.3 Å². The van der Waals surface area contributed by atoms with Gasteiger partial charge in [-0.2, -0.15) is 0 Å². The molecule has 12 heavy (non-hydrogen) atoms. The number of nitrogens with two attached hydrogens (primary N) is 1. The summed E-state index contributed by atoms with van der Waals surface area (Å²) in [6.07, 6.45) is 1.91. The van der Waals surface area contributed by atoms with Crippen molar-refractivity contribution in [3.05, 3.63) is 28.9 Å². The maximum absolute atomic E-state index is 5.60. The van der Waals surface area contributed by atoms with Crippen molar-refractivity contribution in [2.24, 2.45) is 0 Å². The molecule has 2 nitrogen and oxygen atoms in total. The number of hydrogen-bond donors (Lipinski definition) is 2. The summed E-state index contributed by atoms with van der Waals surface area (Å²) in [5, 5.41) is 1.17. The SMILES string of the molecule is Cl.Nc1ccc2c(Br)c[nH]c2c1. The zero-order valence-electron chi connectivity index (χ0n) is 6.17. The molecule has 1 aromatic carbocycles. The highest BCUT2D eigenvalue weighted by Crippen LogP contribution is 2.24. The highest BCUT2D eigenvalue weighted by atomic mass is 79.9. The molecule has 2 aromatic rings. The second-order valence-corrected chi connectivity index (χ2v) is 3.30. The Morgan fingerprint density at radius 3 is 2.83 bits per heavy atom. The minimum atomic E-state index is 0. The van der Waals surface area contributed by atoms with Crippen LogP contribution < -0.4 is 5.73 Å². The van der Waals surface area contributed by atoms with Crippen molar-refractivity contribution in [2.75, 3.05) is 5.73 Å². The molecule has 0 unspecified atom stereocenters. The molecule has 0 radical (unpaired) electrons. The van der Waals surface area contributed by atoms with Gasteiger partial charge in [-0.1, -0.05) is 0 Å². The summed E-state index contributed by atoms with van der Waals surface area (Å²) in [6, 6.07) is 5.80. The van der Waals surface area contributed by atoms with Crippen LogP contribution in [0.2, 0.25) is 0 Å². The Balaban J connectivity index is 0.000000720. The van der Waals surface area contributed by atoms with Crippen molar-refractivity contribution in [3.63, 3.8) is 0 Å². The molecule has 0 saturated heterocycles. The van der Waals surface area contributed by atoms with Crippen molar-refractivity contribution in [3.8, 4) is 0 Å². The molecule has 1 aromatic heterocycles. The standard InChI is InChI=1S/C8H7BrN2.ClH/c9-7-4-11-8-3-5(10)1-2-6(7)8;/h1-4,11H,10H2;1H. The van der Waals surface area contributed by atoms with Crippen LogP contribution in [0.4, 0.5) is 5.69 Å². The monoisotopic (exact) mass is 246 g/mol. The van der Waals surface area contributed by atoms with E-state index in [9.17, 15) is 0 Å². The zero-order valence-corrected chi connectivity index (χ0v) is 8.58. The highest BCUT2D eigenvalue weighted by molar-refractivity contribution is 9.10. The Morgan fingerprint density at radius 2 is 2.08 bits per heavy atom. The van der Waals surface area contributed by atoms with Crippen molar-refractivity contribution in [2.45, 2.75) is 0 Å². The number of halogens is 2. The molecule has 64 valence electrons. The van der Waals surface area contributed by atoms with Crippen molar-refractivity contribution in [1.29, 1.82) is 0 Å². The van der Waals surface area contributed by atoms with Gasteiger partial charge in [-0.3, -0.25) is 0 Å². The predicted molar refractivity (Wildman–Crippen MR) is 57.7 cm³/mol. The van der Waals surface area contributed by atoms with E-state index in [1.54, 1.807) is 0 Å². The van der Waals surface area contributed by atoms with Gasteiger partial charge in [-0.05, 0) is 34.1 Å². The third-order valence-electron chi connectivity index (χ3n) is 1.66. The number of rotatable bonds is 0. The molecular weight excluding hydrogens is 239 g/mol. The maximum atomic E-state index is 5.60. The van der Waals surface area contributed by atoms with Crippen molar-refractivity contribution >= 4 is 44.9 Å². The summed E-state index contributed by atoms with van der Waals surface area (Å²) >= 11 is 3.42. The average Bonchev–Trinajstić information content (AvgIpc) is 2.32. The van der Waals surface area contributed by atoms with E-state index >= 15 is 0 Å². The van der Waals surface area contributed by atoms with E-state index < -0.39 is 0 Å². The predicted octanol–water partition coefficient (Wildman–Crippen LogP) is 2.93. The Labute approximate surface area is 84.7 Å². The maximum Gasteiger partial charge on any atom is 0.0486 e. The summed E-state index contributed by atoms with van der Waals surface area (Å²) in [5.74, 6) is 0. The molecule has 4 heteroatoms. The first-order valence-corrected chi connectivity index (χ1v) is 4.09. The molecule has 1 heterocycles. The largest absolute Gasteiger partial charge is 0.399 e. The number of fused-ring (bicyclic) bond motifs is 1. The number of anilines is 1. The Kier molecular flexibility index (Phi) is 2.65. The molecule has 0 aliphatic carbocycles. The molecule has 2 rings (SSSR count). The Bertz CT molecular complexity index is 397. The van der Waals surface area contributed by atoms with Crippen LogP contribution in [0, 0.1) is 0 Å². The summed E-state index contributed by atoms with van der Waals surface area (Å²) in [5.41, 5.74) is 7.45. The first-order valence-electron chi connectivity index (χ1n) is 3.29. The summed E-state index contributed by atoms with van der Waals surface area (Å²) in [6.45, 7) is 0. The van der Waals surface area contributed by atoms with Gasteiger partial charge in [0.15, 0.2) is 0 Å². The molecule has 0 spiro atoms. The van der Waals surface area contributed by atoms with Gasteiger partial charge in [-0.25, -0.2) is 0 Å². The second-order valence-electron chi connectivity index (χ2n) is 2.44. The van der Waals surface area contributed by atoms with E-state index in [0.29, 0.717) is 0 Å². The van der Waals surface area contributed by atoms with E-state index in [1.807, 2.05) is 24.4 Å². The van der Waals surface area contributed by atoms with Crippen LogP contribution in [-0.2, 0) is 0 Å². The fraction of sp³-hybridized carbons (Fsp3) is 0. The van der Waals surface area contributed by atoms with Gasteiger partial charge < -0.3 is 10.7 Å². The topological polar surface area (TPSA) is 41.8 Å². The van der Waals surface area contributed by atoms with Gasteiger partial charge in [0.05, 0.1) is 0 Å². The number of nitrogen functional groups attached to an aromatic ring is 1. The Morgan fingerprint density at radius 1 is 1.33 bits per heavy atom. The molecule has 0 atom stereocenters. The quantitative estimate of drug-likeness (QED) is 0.691. The van der Waals surface area contributed by atoms with Crippen LogP contribution in [0.15, 0.2) is 28.9 Å². The van der Waals surface area contributed by atoms with Crippen LogP contribution in [0.3, 0.4) is 0 Å². The van der Waals surface area contributed by atoms with Gasteiger partial charge in [0.25, 0.3) is 0 Å². The van der Waals surface area contributed by atoms with E-state index in [-0.39, 0.29) is 12.4 Å². The minimum absolute atomic E-state index is 0. The molecule has 0 bridgehead atoms. The second kappa shape index (κ2) is 3.37. The summed E-state index contributed by atoms with van der Waals surface area (Å²) < 4.78 is 1.08. The molecule has 0 amide bonds. The van der Waals surface area contributed by atoms with E-state index in [4.69, 9.17) is 5.73 Å². The van der Waals surface area contributed by atoms with Crippen molar-refractivity contribution < 1.29 is 0 Å². The van der Waals surface area contributed by atoms with Crippen LogP contribution >= 0.6 is 28.3 Å². The van der Waals surface area contributed by atoms with Gasteiger partial charge in [0.2, 0.25) is 0 Å². The van der Waals surface area contributed by atoms with Gasteiger partial charge >= 0.3 is 0 Å². The third kappa shape index (κ3) is 1.42.